The highest BCUT2D eigenvalue weighted by Gasteiger charge is 2.14. The standard InChI is InChI=1S/C12H11BrN4S/c13-9-2-1-3-15-11(9)10(14)6-8-7-17-4-5-18-12(17)16-8/h1-5,7,10H,6,14H2. The van der Waals surface area contributed by atoms with Gasteiger partial charge in [0, 0.05) is 34.9 Å². The maximum absolute atomic E-state index is 6.18. The van der Waals surface area contributed by atoms with E-state index in [1.807, 2.05) is 34.3 Å². The molecule has 0 aliphatic rings. The number of hydrogen-bond acceptors (Lipinski definition) is 4. The van der Waals surface area contributed by atoms with Gasteiger partial charge in [-0.3, -0.25) is 9.38 Å². The molecule has 2 N–H and O–H groups in total. The van der Waals surface area contributed by atoms with Crippen molar-refractivity contribution in [3.8, 4) is 0 Å². The van der Waals surface area contributed by atoms with E-state index in [0.717, 1.165) is 20.8 Å². The second kappa shape index (κ2) is 4.79. The Balaban J connectivity index is 1.84. The van der Waals surface area contributed by atoms with Gasteiger partial charge in [-0.25, -0.2) is 4.98 Å². The predicted molar refractivity (Wildman–Crippen MR) is 75.6 cm³/mol. The number of fused-ring (bicyclic) bond motifs is 1. The number of imidazole rings is 1. The first-order valence-corrected chi connectivity index (χ1v) is 7.18. The first-order valence-electron chi connectivity index (χ1n) is 5.51. The molecule has 0 radical (unpaired) electrons. The molecule has 92 valence electrons. The zero-order valence-electron chi connectivity index (χ0n) is 9.45. The van der Waals surface area contributed by atoms with Crippen LogP contribution < -0.4 is 5.73 Å². The van der Waals surface area contributed by atoms with Gasteiger partial charge in [-0.15, -0.1) is 11.3 Å². The molecule has 0 bridgehead atoms. The summed E-state index contributed by atoms with van der Waals surface area (Å²) in [5, 5.41) is 2.02. The molecule has 4 nitrogen and oxygen atoms in total. The van der Waals surface area contributed by atoms with Crippen LogP contribution in [0.15, 0.2) is 40.6 Å². The van der Waals surface area contributed by atoms with Crippen molar-refractivity contribution in [3.63, 3.8) is 0 Å². The summed E-state index contributed by atoms with van der Waals surface area (Å²) in [6.07, 6.45) is 6.46. The summed E-state index contributed by atoms with van der Waals surface area (Å²) in [5.41, 5.74) is 8.04. The molecule has 3 aromatic rings. The number of rotatable bonds is 3. The molecular weight excluding hydrogens is 312 g/mol. The second-order valence-electron chi connectivity index (χ2n) is 4.01. The molecule has 0 amide bonds. The van der Waals surface area contributed by atoms with E-state index in [-0.39, 0.29) is 6.04 Å². The zero-order chi connectivity index (χ0) is 12.5. The molecule has 3 aromatic heterocycles. The summed E-state index contributed by atoms with van der Waals surface area (Å²) in [4.78, 5) is 9.84. The highest BCUT2D eigenvalue weighted by molar-refractivity contribution is 9.10. The van der Waals surface area contributed by atoms with Gasteiger partial charge < -0.3 is 5.73 Å². The summed E-state index contributed by atoms with van der Waals surface area (Å²) in [7, 11) is 0. The number of aromatic nitrogens is 3. The Morgan fingerprint density at radius 2 is 2.39 bits per heavy atom. The number of nitrogens with zero attached hydrogens (tertiary/aromatic N) is 3. The lowest BCUT2D eigenvalue weighted by atomic mass is 10.1. The zero-order valence-corrected chi connectivity index (χ0v) is 11.9. The van der Waals surface area contributed by atoms with Crippen LogP contribution in [0.1, 0.15) is 17.4 Å². The molecule has 0 saturated carbocycles. The topological polar surface area (TPSA) is 56.2 Å². The van der Waals surface area contributed by atoms with E-state index in [0.29, 0.717) is 6.42 Å². The van der Waals surface area contributed by atoms with E-state index in [4.69, 9.17) is 5.73 Å². The SMILES string of the molecule is NC(Cc1cn2ccsc2n1)c1ncccc1Br. The minimum atomic E-state index is -0.148. The van der Waals surface area contributed by atoms with Gasteiger partial charge in [-0.1, -0.05) is 0 Å². The molecule has 0 aliphatic carbocycles. The normalized spacial score (nSPS) is 13.0. The Morgan fingerprint density at radius 1 is 1.50 bits per heavy atom. The summed E-state index contributed by atoms with van der Waals surface area (Å²) >= 11 is 5.09. The maximum atomic E-state index is 6.18. The lowest BCUT2D eigenvalue weighted by Gasteiger charge is -2.10. The molecule has 1 atom stereocenters. The molecule has 1 unspecified atom stereocenters. The highest BCUT2D eigenvalue weighted by atomic mass is 79.9. The minimum Gasteiger partial charge on any atom is -0.322 e. The fourth-order valence-corrected chi connectivity index (χ4v) is 3.14. The quantitative estimate of drug-likeness (QED) is 0.806. The number of halogens is 1. The van der Waals surface area contributed by atoms with E-state index >= 15 is 0 Å². The van der Waals surface area contributed by atoms with Crippen LogP contribution in [0, 0.1) is 0 Å². The van der Waals surface area contributed by atoms with Crippen LogP contribution in [-0.4, -0.2) is 14.4 Å². The molecule has 0 aliphatic heterocycles. The Hall–Kier alpha value is -1.24. The Morgan fingerprint density at radius 3 is 3.17 bits per heavy atom. The molecule has 0 aromatic carbocycles. The van der Waals surface area contributed by atoms with E-state index < -0.39 is 0 Å². The van der Waals surface area contributed by atoms with Gasteiger partial charge in [0.2, 0.25) is 0 Å². The third-order valence-electron chi connectivity index (χ3n) is 2.71. The van der Waals surface area contributed by atoms with Crippen LogP contribution in [-0.2, 0) is 6.42 Å². The Bertz CT molecular complexity index is 647. The summed E-state index contributed by atoms with van der Waals surface area (Å²) < 4.78 is 2.96. The summed E-state index contributed by atoms with van der Waals surface area (Å²) in [6, 6.07) is 3.69. The number of nitrogens with two attached hydrogens (primary N) is 1. The molecule has 18 heavy (non-hydrogen) atoms. The van der Waals surface area contributed by atoms with Gasteiger partial charge in [0.25, 0.3) is 0 Å². The molecule has 0 spiro atoms. The highest BCUT2D eigenvalue weighted by Crippen LogP contribution is 2.22. The van der Waals surface area contributed by atoms with Gasteiger partial charge in [-0.2, -0.15) is 0 Å². The largest absolute Gasteiger partial charge is 0.322 e. The van der Waals surface area contributed by atoms with E-state index in [1.54, 1.807) is 17.5 Å². The van der Waals surface area contributed by atoms with Crippen molar-refractivity contribution in [2.45, 2.75) is 12.5 Å². The van der Waals surface area contributed by atoms with Gasteiger partial charge in [0.15, 0.2) is 4.96 Å². The van der Waals surface area contributed by atoms with Crippen molar-refractivity contribution in [2.75, 3.05) is 0 Å². The Labute approximate surface area is 117 Å². The molecular formula is C12H11BrN4S. The number of thiazole rings is 1. The first kappa shape index (κ1) is 11.8. The van der Waals surface area contributed by atoms with Crippen molar-refractivity contribution >= 4 is 32.2 Å². The second-order valence-corrected chi connectivity index (χ2v) is 5.73. The summed E-state index contributed by atoms with van der Waals surface area (Å²) in [5.74, 6) is 0. The maximum Gasteiger partial charge on any atom is 0.193 e. The molecule has 0 saturated heterocycles. The number of pyridine rings is 1. The van der Waals surface area contributed by atoms with Crippen molar-refractivity contribution < 1.29 is 0 Å². The third kappa shape index (κ3) is 2.19. The van der Waals surface area contributed by atoms with Crippen LogP contribution in [0.3, 0.4) is 0 Å². The fraction of sp³-hybridized carbons (Fsp3) is 0.167. The third-order valence-corrected chi connectivity index (χ3v) is 4.15. The molecule has 0 fully saturated rings. The monoisotopic (exact) mass is 322 g/mol. The van der Waals surface area contributed by atoms with Crippen molar-refractivity contribution in [1.82, 2.24) is 14.4 Å². The van der Waals surface area contributed by atoms with Gasteiger partial charge in [-0.05, 0) is 28.1 Å². The first-order chi connectivity index (χ1) is 8.74. The van der Waals surface area contributed by atoms with Crippen LogP contribution in [0.5, 0.6) is 0 Å². The summed E-state index contributed by atoms with van der Waals surface area (Å²) in [6.45, 7) is 0. The fourth-order valence-electron chi connectivity index (χ4n) is 1.87. The van der Waals surface area contributed by atoms with E-state index in [9.17, 15) is 0 Å². The van der Waals surface area contributed by atoms with Crippen LogP contribution in [0.4, 0.5) is 0 Å². The minimum absolute atomic E-state index is 0.148. The lowest BCUT2D eigenvalue weighted by molar-refractivity contribution is 0.682. The number of hydrogen-bond donors (Lipinski definition) is 1. The predicted octanol–water partition coefficient (Wildman–Crippen LogP) is 2.80. The Kier molecular flexibility index (Phi) is 3.15. The van der Waals surface area contributed by atoms with Crippen LogP contribution in [0.2, 0.25) is 0 Å². The van der Waals surface area contributed by atoms with Crippen LogP contribution in [0.25, 0.3) is 4.96 Å². The van der Waals surface area contributed by atoms with Crippen molar-refractivity contribution in [1.29, 1.82) is 0 Å². The van der Waals surface area contributed by atoms with Gasteiger partial charge >= 0.3 is 0 Å². The smallest absolute Gasteiger partial charge is 0.193 e. The van der Waals surface area contributed by atoms with E-state index in [1.165, 1.54) is 0 Å². The lowest BCUT2D eigenvalue weighted by Crippen LogP contribution is -2.15. The molecule has 6 heteroatoms. The van der Waals surface area contributed by atoms with Crippen molar-refractivity contribution in [2.24, 2.45) is 5.73 Å². The van der Waals surface area contributed by atoms with Gasteiger partial charge in [0.1, 0.15) is 0 Å². The average Bonchev–Trinajstić information content (AvgIpc) is 2.90. The van der Waals surface area contributed by atoms with Crippen LogP contribution >= 0.6 is 27.3 Å². The van der Waals surface area contributed by atoms with Crippen molar-refractivity contribution in [3.05, 3.63) is 52.0 Å². The van der Waals surface area contributed by atoms with E-state index in [2.05, 4.69) is 25.9 Å². The molecule has 3 rings (SSSR count). The van der Waals surface area contributed by atoms with Gasteiger partial charge in [0.05, 0.1) is 17.4 Å². The average molecular weight is 323 g/mol. The molecule has 3 heterocycles.